The van der Waals surface area contributed by atoms with Crippen LogP contribution >= 0.6 is 0 Å². The van der Waals surface area contributed by atoms with E-state index in [0.29, 0.717) is 5.95 Å². The molecule has 0 saturated heterocycles. The Morgan fingerprint density at radius 1 is 1.05 bits per heavy atom. The van der Waals surface area contributed by atoms with Gasteiger partial charge in [-0.15, -0.1) is 0 Å². The summed E-state index contributed by atoms with van der Waals surface area (Å²) in [4.78, 5) is 10.9. The van der Waals surface area contributed by atoms with E-state index in [-0.39, 0.29) is 0 Å². The molecule has 2 aromatic rings. The molecule has 0 aliphatic rings. The molecular weight excluding hydrogens is 236 g/mol. The van der Waals surface area contributed by atoms with Gasteiger partial charge in [-0.25, -0.2) is 9.97 Å². The van der Waals surface area contributed by atoms with Crippen LogP contribution in [0.4, 0.5) is 5.95 Å². The highest BCUT2D eigenvalue weighted by molar-refractivity contribution is 5.27. The molecular formula is C15H20N4. The molecule has 1 heterocycles. The summed E-state index contributed by atoms with van der Waals surface area (Å²) in [7, 11) is 2.08. The van der Waals surface area contributed by atoms with Crippen molar-refractivity contribution in [3.05, 3.63) is 53.9 Å². The smallest absolute Gasteiger partial charge is 0.222 e. The van der Waals surface area contributed by atoms with Crippen molar-refractivity contribution in [2.24, 2.45) is 0 Å². The van der Waals surface area contributed by atoms with E-state index in [1.54, 1.807) is 0 Å². The minimum atomic E-state index is 0.673. The minimum Gasteiger partial charge on any atom is -0.350 e. The van der Waals surface area contributed by atoms with E-state index in [9.17, 15) is 0 Å². The molecule has 1 N–H and O–H groups in total. The van der Waals surface area contributed by atoms with Crippen molar-refractivity contribution in [3.8, 4) is 0 Å². The molecule has 0 amide bonds. The van der Waals surface area contributed by atoms with Crippen LogP contribution in [0.5, 0.6) is 0 Å². The third kappa shape index (κ3) is 4.34. The van der Waals surface area contributed by atoms with E-state index < -0.39 is 0 Å². The Morgan fingerprint density at radius 3 is 2.37 bits per heavy atom. The first-order chi connectivity index (χ1) is 9.28. The van der Waals surface area contributed by atoms with Crippen molar-refractivity contribution in [1.82, 2.24) is 14.9 Å². The third-order valence-corrected chi connectivity index (χ3v) is 2.99. The highest BCUT2D eigenvalue weighted by Gasteiger charge is 2.00. The van der Waals surface area contributed by atoms with Crippen LogP contribution in [0.2, 0.25) is 0 Å². The quantitative estimate of drug-likeness (QED) is 0.862. The maximum atomic E-state index is 4.33. The molecule has 0 saturated carbocycles. The number of aromatic nitrogens is 2. The molecule has 0 unspecified atom stereocenters. The van der Waals surface area contributed by atoms with E-state index in [1.807, 2.05) is 30.6 Å². The Hall–Kier alpha value is -1.94. The van der Waals surface area contributed by atoms with Crippen LogP contribution in [0.1, 0.15) is 18.1 Å². The van der Waals surface area contributed by atoms with Gasteiger partial charge in [-0.1, -0.05) is 37.3 Å². The molecule has 4 nitrogen and oxygen atoms in total. The lowest BCUT2D eigenvalue weighted by atomic mass is 10.2. The number of hydrogen-bond donors (Lipinski definition) is 1. The van der Waals surface area contributed by atoms with Crippen molar-refractivity contribution in [2.75, 3.05) is 18.9 Å². The van der Waals surface area contributed by atoms with Gasteiger partial charge in [0.1, 0.15) is 0 Å². The molecule has 0 aliphatic carbocycles. The monoisotopic (exact) mass is 256 g/mol. The van der Waals surface area contributed by atoms with E-state index >= 15 is 0 Å². The highest BCUT2D eigenvalue weighted by atomic mass is 15.1. The van der Waals surface area contributed by atoms with Gasteiger partial charge in [0, 0.05) is 31.0 Å². The predicted molar refractivity (Wildman–Crippen MR) is 77.8 cm³/mol. The Balaban J connectivity index is 1.88. The molecule has 1 aromatic carbocycles. The Bertz CT molecular complexity index is 481. The van der Waals surface area contributed by atoms with Gasteiger partial charge in [-0.3, -0.25) is 0 Å². The summed E-state index contributed by atoms with van der Waals surface area (Å²) in [5.41, 5.74) is 2.36. The fourth-order valence-electron chi connectivity index (χ4n) is 1.73. The molecule has 0 aliphatic heterocycles. The second-order valence-corrected chi connectivity index (χ2v) is 4.58. The van der Waals surface area contributed by atoms with E-state index in [4.69, 9.17) is 0 Å². The molecule has 1 aromatic heterocycles. The third-order valence-electron chi connectivity index (χ3n) is 2.99. The summed E-state index contributed by atoms with van der Waals surface area (Å²) in [5.74, 6) is 0.673. The molecule has 2 rings (SSSR count). The summed E-state index contributed by atoms with van der Waals surface area (Å²) in [6, 6.07) is 10.2. The first kappa shape index (κ1) is 13.5. The van der Waals surface area contributed by atoms with Gasteiger partial charge in [-0.2, -0.15) is 0 Å². The lowest BCUT2D eigenvalue weighted by Crippen LogP contribution is -2.17. The number of nitrogens with one attached hydrogen (secondary N) is 1. The number of anilines is 1. The predicted octanol–water partition coefficient (Wildman–Crippen LogP) is 2.54. The molecule has 0 atom stereocenters. The average molecular weight is 256 g/mol. The zero-order chi connectivity index (χ0) is 13.5. The zero-order valence-corrected chi connectivity index (χ0v) is 11.5. The SMILES string of the molecule is CCN(C)Cc1cnc(NCc2ccccc2)nc1. The van der Waals surface area contributed by atoms with Crippen LogP contribution in [0.15, 0.2) is 42.7 Å². The van der Waals surface area contributed by atoms with Gasteiger partial charge < -0.3 is 10.2 Å². The lowest BCUT2D eigenvalue weighted by Gasteiger charge is -2.13. The average Bonchev–Trinajstić information content (AvgIpc) is 2.47. The van der Waals surface area contributed by atoms with Crippen LogP contribution < -0.4 is 5.32 Å². The van der Waals surface area contributed by atoms with Crippen LogP contribution in [-0.2, 0) is 13.1 Å². The van der Waals surface area contributed by atoms with Crippen LogP contribution in [0.3, 0.4) is 0 Å². The van der Waals surface area contributed by atoms with Crippen molar-refractivity contribution in [3.63, 3.8) is 0 Å². The Morgan fingerprint density at radius 2 is 1.74 bits per heavy atom. The normalized spacial score (nSPS) is 10.7. The van der Waals surface area contributed by atoms with E-state index in [1.165, 1.54) is 5.56 Å². The topological polar surface area (TPSA) is 41.1 Å². The molecule has 19 heavy (non-hydrogen) atoms. The maximum Gasteiger partial charge on any atom is 0.222 e. The molecule has 4 heteroatoms. The van der Waals surface area contributed by atoms with E-state index in [0.717, 1.165) is 25.2 Å². The summed E-state index contributed by atoms with van der Waals surface area (Å²) in [6.45, 7) is 4.79. The van der Waals surface area contributed by atoms with Crippen LogP contribution in [0.25, 0.3) is 0 Å². The first-order valence-electron chi connectivity index (χ1n) is 6.55. The molecule has 0 fully saturated rings. The van der Waals surface area contributed by atoms with Crippen molar-refractivity contribution < 1.29 is 0 Å². The second-order valence-electron chi connectivity index (χ2n) is 4.58. The molecule has 0 radical (unpaired) electrons. The zero-order valence-electron chi connectivity index (χ0n) is 11.5. The van der Waals surface area contributed by atoms with Gasteiger partial charge in [0.25, 0.3) is 0 Å². The largest absolute Gasteiger partial charge is 0.350 e. The van der Waals surface area contributed by atoms with Crippen molar-refractivity contribution >= 4 is 5.95 Å². The van der Waals surface area contributed by atoms with Gasteiger partial charge in [0.15, 0.2) is 0 Å². The summed E-state index contributed by atoms with van der Waals surface area (Å²) in [5, 5.41) is 3.22. The van der Waals surface area contributed by atoms with Crippen molar-refractivity contribution in [1.29, 1.82) is 0 Å². The summed E-state index contributed by atoms with van der Waals surface area (Å²) in [6.07, 6.45) is 3.76. The molecule has 0 bridgehead atoms. The van der Waals surface area contributed by atoms with Gasteiger partial charge >= 0.3 is 0 Å². The summed E-state index contributed by atoms with van der Waals surface area (Å²) < 4.78 is 0. The fourth-order valence-corrected chi connectivity index (χ4v) is 1.73. The number of nitrogens with zero attached hydrogens (tertiary/aromatic N) is 3. The first-order valence-corrected chi connectivity index (χ1v) is 6.55. The second kappa shape index (κ2) is 6.85. The van der Waals surface area contributed by atoms with Gasteiger partial charge in [0.05, 0.1) is 0 Å². The molecule has 0 spiro atoms. The van der Waals surface area contributed by atoms with Gasteiger partial charge in [0.2, 0.25) is 5.95 Å². The number of rotatable bonds is 6. The van der Waals surface area contributed by atoms with Crippen LogP contribution in [-0.4, -0.2) is 28.5 Å². The minimum absolute atomic E-state index is 0.673. The lowest BCUT2D eigenvalue weighted by molar-refractivity contribution is 0.345. The highest BCUT2D eigenvalue weighted by Crippen LogP contribution is 2.05. The Kier molecular flexibility index (Phi) is 4.86. The Labute approximate surface area is 114 Å². The summed E-state index contributed by atoms with van der Waals surface area (Å²) >= 11 is 0. The maximum absolute atomic E-state index is 4.33. The van der Waals surface area contributed by atoms with E-state index in [2.05, 4.69) is 46.3 Å². The van der Waals surface area contributed by atoms with Crippen molar-refractivity contribution in [2.45, 2.75) is 20.0 Å². The number of benzene rings is 1. The standard InChI is InChI=1S/C15H20N4/c1-3-19(2)12-14-10-17-15(18-11-14)16-9-13-7-5-4-6-8-13/h4-8,10-11H,3,9,12H2,1-2H3,(H,16,17,18). The molecule has 100 valence electrons. The van der Waals surface area contributed by atoms with Gasteiger partial charge in [-0.05, 0) is 19.2 Å². The number of hydrogen-bond acceptors (Lipinski definition) is 4. The fraction of sp³-hybridized carbons (Fsp3) is 0.333. The van der Waals surface area contributed by atoms with Crippen LogP contribution in [0, 0.1) is 0 Å².